The van der Waals surface area contributed by atoms with Gasteiger partial charge in [-0.1, -0.05) is 32.6 Å². The summed E-state index contributed by atoms with van der Waals surface area (Å²) in [6.07, 6.45) is 8.04. The number of halogens is 1. The Hall–Kier alpha value is -2.17. The zero-order valence-corrected chi connectivity index (χ0v) is 13.1. The van der Waals surface area contributed by atoms with Gasteiger partial charge in [0.2, 0.25) is 0 Å². The Morgan fingerprint density at radius 3 is 2.71 bits per heavy atom. The maximum Gasteiger partial charge on any atom is 0.311 e. The molecule has 1 rings (SSSR count). The zero-order chi connectivity index (χ0) is 16.3. The minimum absolute atomic E-state index is 0.135. The van der Waals surface area contributed by atoms with Gasteiger partial charge in [0.25, 0.3) is 0 Å². The van der Waals surface area contributed by atoms with Crippen LogP contribution in [0.15, 0.2) is 48.7 Å². The molecule has 0 saturated heterocycles. The molecule has 0 aliphatic carbocycles. The number of ether oxygens (including phenoxy) is 1. The third-order valence-corrected chi connectivity index (χ3v) is 2.42. The number of methoxy groups -OCH3 is 1. The highest BCUT2D eigenvalue weighted by Gasteiger charge is 2.09. The van der Waals surface area contributed by atoms with Crippen LogP contribution in [0.1, 0.15) is 26.5 Å². The van der Waals surface area contributed by atoms with Gasteiger partial charge in [-0.25, -0.2) is 9.37 Å². The first kappa shape index (κ1) is 18.8. The molecule has 1 aromatic heterocycles. The SMILES string of the molecule is C=C/C=C(\C=C(/C)F)Cn1cncc1CC(=O)OC.CC. The lowest BCUT2D eigenvalue weighted by Crippen LogP contribution is -2.10. The van der Waals surface area contributed by atoms with E-state index in [1.54, 1.807) is 29.2 Å². The summed E-state index contributed by atoms with van der Waals surface area (Å²) in [5, 5.41) is 0. The van der Waals surface area contributed by atoms with Crippen molar-refractivity contribution in [1.29, 1.82) is 0 Å². The first-order valence-electron chi connectivity index (χ1n) is 6.78. The minimum Gasteiger partial charge on any atom is -0.469 e. The number of carbonyl (C=O) groups is 1. The van der Waals surface area contributed by atoms with E-state index in [9.17, 15) is 9.18 Å². The zero-order valence-electron chi connectivity index (χ0n) is 13.1. The van der Waals surface area contributed by atoms with Crippen molar-refractivity contribution in [2.45, 2.75) is 33.7 Å². The van der Waals surface area contributed by atoms with Gasteiger partial charge in [-0.2, -0.15) is 0 Å². The largest absolute Gasteiger partial charge is 0.469 e. The van der Waals surface area contributed by atoms with E-state index in [4.69, 9.17) is 0 Å². The summed E-state index contributed by atoms with van der Waals surface area (Å²) in [7, 11) is 1.33. The Balaban J connectivity index is 0.00000191. The molecule has 0 spiro atoms. The number of hydrogen-bond acceptors (Lipinski definition) is 3. The lowest BCUT2D eigenvalue weighted by molar-refractivity contribution is -0.139. The first-order valence-corrected chi connectivity index (χ1v) is 6.78. The van der Waals surface area contributed by atoms with Crippen molar-refractivity contribution in [3.05, 3.63) is 54.4 Å². The van der Waals surface area contributed by atoms with Gasteiger partial charge in [-0.3, -0.25) is 4.79 Å². The fourth-order valence-corrected chi connectivity index (χ4v) is 1.61. The number of esters is 1. The second kappa shape index (κ2) is 10.6. The van der Waals surface area contributed by atoms with Crippen molar-refractivity contribution in [2.24, 2.45) is 0 Å². The maximum absolute atomic E-state index is 13.0. The standard InChI is InChI=1S/C14H17FN2O2.C2H6/c1-4-5-12(6-11(2)15)9-17-10-16-8-13(17)7-14(18)19-3;1-2/h4-6,8,10H,1,7,9H2,2-3H3;1-2H3/b11-6+,12-5+;. The van der Waals surface area contributed by atoms with E-state index >= 15 is 0 Å². The number of rotatable bonds is 6. The summed E-state index contributed by atoms with van der Waals surface area (Å²) in [5.74, 6) is -0.629. The molecule has 116 valence electrons. The molecule has 0 amide bonds. The molecule has 0 radical (unpaired) electrons. The van der Waals surface area contributed by atoms with Crippen LogP contribution >= 0.6 is 0 Å². The summed E-state index contributed by atoms with van der Waals surface area (Å²) in [4.78, 5) is 15.2. The second-order valence-corrected chi connectivity index (χ2v) is 3.97. The highest BCUT2D eigenvalue weighted by atomic mass is 19.1. The molecule has 0 N–H and O–H groups in total. The Labute approximate surface area is 125 Å². The lowest BCUT2D eigenvalue weighted by atomic mass is 10.2. The lowest BCUT2D eigenvalue weighted by Gasteiger charge is -2.08. The van der Waals surface area contributed by atoms with E-state index in [1.807, 2.05) is 13.8 Å². The average Bonchev–Trinajstić information content (AvgIpc) is 2.87. The molecule has 0 aliphatic heterocycles. The Morgan fingerprint density at radius 2 is 2.19 bits per heavy atom. The summed E-state index contributed by atoms with van der Waals surface area (Å²) in [5.41, 5.74) is 1.45. The second-order valence-electron chi connectivity index (χ2n) is 3.97. The number of imidazole rings is 1. The third-order valence-electron chi connectivity index (χ3n) is 2.42. The number of allylic oxidation sites excluding steroid dienone is 5. The molecular weight excluding hydrogens is 271 g/mol. The monoisotopic (exact) mass is 294 g/mol. The van der Waals surface area contributed by atoms with Crippen molar-refractivity contribution in [3.63, 3.8) is 0 Å². The van der Waals surface area contributed by atoms with Crippen LogP contribution in [0.4, 0.5) is 4.39 Å². The molecule has 0 atom stereocenters. The third kappa shape index (κ3) is 7.25. The summed E-state index contributed by atoms with van der Waals surface area (Å²) < 4.78 is 19.3. The van der Waals surface area contributed by atoms with Gasteiger partial charge in [0, 0.05) is 18.4 Å². The molecule has 21 heavy (non-hydrogen) atoms. The Morgan fingerprint density at radius 1 is 1.52 bits per heavy atom. The topological polar surface area (TPSA) is 44.1 Å². The molecule has 0 aromatic carbocycles. The van der Waals surface area contributed by atoms with Crippen molar-refractivity contribution in [3.8, 4) is 0 Å². The smallest absolute Gasteiger partial charge is 0.311 e. The van der Waals surface area contributed by atoms with Gasteiger partial charge in [0.05, 0.1) is 25.7 Å². The van der Waals surface area contributed by atoms with Gasteiger partial charge < -0.3 is 9.30 Å². The molecule has 0 fully saturated rings. The molecule has 0 bridgehead atoms. The predicted molar refractivity (Wildman–Crippen MR) is 82.4 cm³/mol. The van der Waals surface area contributed by atoms with E-state index in [-0.39, 0.29) is 18.2 Å². The molecular formula is C16H23FN2O2. The van der Waals surface area contributed by atoms with Crippen LogP contribution in [0.3, 0.4) is 0 Å². The normalized spacial score (nSPS) is 11.5. The molecule has 0 aliphatic rings. The maximum atomic E-state index is 13.0. The van der Waals surface area contributed by atoms with Gasteiger partial charge in [0.15, 0.2) is 0 Å². The summed E-state index contributed by atoms with van der Waals surface area (Å²) in [6.45, 7) is 9.39. The first-order chi connectivity index (χ1) is 10.1. The minimum atomic E-state index is -0.340. The van der Waals surface area contributed by atoms with E-state index in [0.29, 0.717) is 12.2 Å². The van der Waals surface area contributed by atoms with Crippen molar-refractivity contribution in [2.75, 3.05) is 7.11 Å². The highest BCUT2D eigenvalue weighted by Crippen LogP contribution is 2.10. The van der Waals surface area contributed by atoms with E-state index in [1.165, 1.54) is 20.1 Å². The van der Waals surface area contributed by atoms with Gasteiger partial charge in [-0.15, -0.1) is 0 Å². The van der Waals surface area contributed by atoms with Crippen LogP contribution in [0.5, 0.6) is 0 Å². The van der Waals surface area contributed by atoms with E-state index in [2.05, 4.69) is 16.3 Å². The van der Waals surface area contributed by atoms with Gasteiger partial charge >= 0.3 is 5.97 Å². The van der Waals surface area contributed by atoms with Crippen LogP contribution in [0.25, 0.3) is 0 Å². The Kier molecular flexibility index (Phi) is 9.50. The highest BCUT2D eigenvalue weighted by molar-refractivity contribution is 5.71. The van der Waals surface area contributed by atoms with Crippen molar-refractivity contribution in [1.82, 2.24) is 9.55 Å². The number of aromatic nitrogens is 2. The molecule has 0 unspecified atom stereocenters. The predicted octanol–water partition coefficient (Wildman–Crippen LogP) is 3.61. The molecule has 1 aromatic rings. The number of nitrogens with zero attached hydrogens (tertiary/aromatic N) is 2. The van der Waals surface area contributed by atoms with Crippen LogP contribution < -0.4 is 0 Å². The van der Waals surface area contributed by atoms with Crippen LogP contribution in [-0.2, 0) is 22.5 Å². The fraction of sp³-hybridized carbons (Fsp3) is 0.375. The molecule has 4 nitrogen and oxygen atoms in total. The summed E-state index contributed by atoms with van der Waals surface area (Å²) >= 11 is 0. The number of carbonyl (C=O) groups excluding carboxylic acids is 1. The van der Waals surface area contributed by atoms with Crippen molar-refractivity contribution < 1.29 is 13.9 Å². The Bertz CT molecular complexity index is 512. The van der Waals surface area contributed by atoms with Crippen LogP contribution in [0.2, 0.25) is 0 Å². The quantitative estimate of drug-likeness (QED) is 0.594. The molecule has 0 saturated carbocycles. The number of hydrogen-bond donors (Lipinski definition) is 0. The van der Waals surface area contributed by atoms with Gasteiger partial charge in [0.1, 0.15) is 0 Å². The molecule has 1 heterocycles. The fourth-order valence-electron chi connectivity index (χ4n) is 1.61. The van der Waals surface area contributed by atoms with Crippen molar-refractivity contribution >= 4 is 5.97 Å². The summed E-state index contributed by atoms with van der Waals surface area (Å²) in [6, 6.07) is 0. The molecule has 5 heteroatoms. The van der Waals surface area contributed by atoms with Crippen LogP contribution in [-0.4, -0.2) is 22.6 Å². The van der Waals surface area contributed by atoms with E-state index in [0.717, 1.165) is 5.57 Å². The van der Waals surface area contributed by atoms with Gasteiger partial charge in [-0.05, 0) is 18.6 Å². The van der Waals surface area contributed by atoms with E-state index < -0.39 is 0 Å². The van der Waals surface area contributed by atoms with Crippen LogP contribution in [0, 0.1) is 0 Å². The average molecular weight is 294 g/mol.